The van der Waals surface area contributed by atoms with Crippen LogP contribution in [0.2, 0.25) is 0 Å². The first-order valence-electron chi connectivity index (χ1n) is 16.8. The van der Waals surface area contributed by atoms with E-state index in [1.807, 2.05) is 12.2 Å². The fraction of sp³-hybridized carbons (Fsp3) is 0.676. The summed E-state index contributed by atoms with van der Waals surface area (Å²) < 4.78 is 26.0. The van der Waals surface area contributed by atoms with Gasteiger partial charge in [0.2, 0.25) is 0 Å². The standard InChI is InChI=1S/C37H53NO8/c1-21(2)14-25(6)33-26(7)31(38-42-8)19-36(46-33)18-29-17-28(45-36)13-12-23(4)15-22(3)10-9-11-27-20-43-34-32(39)24(5)16-30(35(40)44-29)37(27,34)41/h9-12,14,16,21-22,26,28-30,32-34,39,41H,13,15,17-20H2,1-8H3/b10-9+,23-12+,25-14+,27-11?,38-31-/t22-,26-,28+,29-,30+,32+,33+,34+,36-,37+/m0/s1. The van der Waals surface area contributed by atoms with Crippen molar-refractivity contribution in [1.82, 2.24) is 0 Å². The van der Waals surface area contributed by atoms with Gasteiger partial charge in [0.1, 0.15) is 36.9 Å². The number of carbonyl (C=O) groups is 1. The lowest BCUT2D eigenvalue weighted by Crippen LogP contribution is -2.59. The highest BCUT2D eigenvalue weighted by Crippen LogP contribution is 2.47. The van der Waals surface area contributed by atoms with Crippen molar-refractivity contribution in [3.8, 4) is 0 Å². The van der Waals surface area contributed by atoms with Gasteiger partial charge in [-0.1, -0.05) is 74.9 Å². The lowest BCUT2D eigenvalue weighted by atomic mass is 9.71. The summed E-state index contributed by atoms with van der Waals surface area (Å²) >= 11 is 0. The van der Waals surface area contributed by atoms with E-state index in [1.165, 1.54) is 5.57 Å². The Morgan fingerprint density at radius 3 is 2.67 bits per heavy atom. The Balaban J connectivity index is 1.55. The molecule has 0 aromatic rings. The molecule has 1 aliphatic carbocycles. The van der Waals surface area contributed by atoms with Crippen molar-refractivity contribution in [2.45, 2.75) is 122 Å². The number of aliphatic hydroxyl groups excluding tert-OH is 1. The van der Waals surface area contributed by atoms with Gasteiger partial charge in [-0.25, -0.2) is 0 Å². The van der Waals surface area contributed by atoms with Crippen molar-refractivity contribution in [3.05, 3.63) is 58.7 Å². The largest absolute Gasteiger partial charge is 0.462 e. The smallest absolute Gasteiger partial charge is 0.316 e. The number of hydrogen-bond acceptors (Lipinski definition) is 9. The van der Waals surface area contributed by atoms with E-state index in [-0.39, 0.29) is 30.7 Å². The highest BCUT2D eigenvalue weighted by atomic mass is 16.7. The van der Waals surface area contributed by atoms with Crippen LogP contribution in [0.4, 0.5) is 0 Å². The summed E-state index contributed by atoms with van der Waals surface area (Å²) in [4.78, 5) is 19.4. The Morgan fingerprint density at radius 2 is 1.96 bits per heavy atom. The fourth-order valence-electron chi connectivity index (χ4n) is 7.94. The van der Waals surface area contributed by atoms with Crippen LogP contribution in [0.25, 0.3) is 0 Å². The van der Waals surface area contributed by atoms with Crippen LogP contribution >= 0.6 is 0 Å². The van der Waals surface area contributed by atoms with Gasteiger partial charge < -0.3 is 34.0 Å². The average Bonchev–Trinajstić information content (AvgIpc) is 3.31. The van der Waals surface area contributed by atoms with Gasteiger partial charge >= 0.3 is 5.97 Å². The highest BCUT2D eigenvalue weighted by molar-refractivity contribution is 5.88. The number of aliphatic hydroxyl groups is 2. The summed E-state index contributed by atoms with van der Waals surface area (Å²) in [6.07, 6.45) is 11.4. The van der Waals surface area contributed by atoms with Crippen molar-refractivity contribution >= 4 is 11.7 Å². The molecule has 4 heterocycles. The molecule has 0 saturated carbocycles. The van der Waals surface area contributed by atoms with Crippen LogP contribution in [0.1, 0.15) is 80.6 Å². The first-order valence-corrected chi connectivity index (χ1v) is 16.8. The predicted octanol–water partition coefficient (Wildman–Crippen LogP) is 5.73. The molecular weight excluding hydrogens is 586 g/mol. The van der Waals surface area contributed by atoms with E-state index < -0.39 is 41.6 Å². The summed E-state index contributed by atoms with van der Waals surface area (Å²) in [6.45, 7) is 14.6. The van der Waals surface area contributed by atoms with Crippen molar-refractivity contribution in [1.29, 1.82) is 0 Å². The third kappa shape index (κ3) is 6.99. The summed E-state index contributed by atoms with van der Waals surface area (Å²) in [7, 11) is 1.55. The molecule has 0 aromatic carbocycles. The molecule has 46 heavy (non-hydrogen) atoms. The SMILES string of the molecule is CO/N=C1/C[C@]2(C[C@@H]3C[C@@H](C/C=C(\C)C[C@@H](C)/C=C/C=C4CO[C@@H]5[C@H](O)C(C)=C[C@H](C(=O)O3)[C@]45O)O2)O[C@H](/C(C)=C/C(C)C)[C@H]1C. The van der Waals surface area contributed by atoms with Gasteiger partial charge in [-0.2, -0.15) is 0 Å². The maximum Gasteiger partial charge on any atom is 0.316 e. The van der Waals surface area contributed by atoms with Crippen molar-refractivity contribution in [2.75, 3.05) is 13.7 Å². The molecule has 2 bridgehead atoms. The molecule has 254 valence electrons. The maximum atomic E-state index is 14.2. The molecule has 5 rings (SSSR count). The summed E-state index contributed by atoms with van der Waals surface area (Å²) in [5.41, 5.74) is 2.54. The molecule has 0 amide bonds. The van der Waals surface area contributed by atoms with Gasteiger partial charge in [-0.15, -0.1) is 0 Å². The summed E-state index contributed by atoms with van der Waals surface area (Å²) in [6, 6.07) is 0. The Morgan fingerprint density at radius 1 is 1.20 bits per heavy atom. The molecule has 5 aliphatic rings. The molecule has 9 nitrogen and oxygen atoms in total. The number of fused-ring (bicyclic) bond motifs is 2. The van der Waals surface area contributed by atoms with Gasteiger partial charge in [0, 0.05) is 25.2 Å². The first kappa shape index (κ1) is 34.8. The van der Waals surface area contributed by atoms with Crippen LogP contribution in [0.3, 0.4) is 0 Å². The number of hydrogen-bond donors (Lipinski definition) is 2. The quantitative estimate of drug-likeness (QED) is 0.229. The van der Waals surface area contributed by atoms with E-state index >= 15 is 0 Å². The van der Waals surface area contributed by atoms with Crippen LogP contribution in [0, 0.1) is 23.7 Å². The minimum atomic E-state index is -1.74. The number of oxime groups is 1. The summed E-state index contributed by atoms with van der Waals surface area (Å²) in [5, 5.41) is 27.6. The predicted molar refractivity (Wildman–Crippen MR) is 176 cm³/mol. The number of carbonyl (C=O) groups excluding carboxylic acids is 1. The lowest BCUT2D eigenvalue weighted by molar-refractivity contribution is -0.313. The number of nitrogens with zero attached hydrogens (tertiary/aromatic N) is 1. The molecule has 0 unspecified atom stereocenters. The van der Waals surface area contributed by atoms with E-state index in [9.17, 15) is 15.0 Å². The third-order valence-electron chi connectivity index (χ3n) is 10.1. The van der Waals surface area contributed by atoms with Gasteiger partial charge in [-0.05, 0) is 62.2 Å². The Bertz CT molecular complexity index is 1340. The zero-order valence-corrected chi connectivity index (χ0v) is 28.7. The molecular formula is C37H53NO8. The second-order valence-corrected chi connectivity index (χ2v) is 14.5. The molecule has 2 N–H and O–H groups in total. The molecule has 9 heteroatoms. The van der Waals surface area contributed by atoms with Crippen LogP contribution < -0.4 is 0 Å². The van der Waals surface area contributed by atoms with Crippen LogP contribution in [-0.2, 0) is 28.6 Å². The van der Waals surface area contributed by atoms with Gasteiger partial charge in [-0.3, -0.25) is 4.79 Å². The normalized spacial score (nSPS) is 43.4. The van der Waals surface area contributed by atoms with E-state index in [0.29, 0.717) is 42.7 Å². The highest BCUT2D eigenvalue weighted by Gasteiger charge is 2.60. The molecule has 3 saturated heterocycles. The van der Waals surface area contributed by atoms with Gasteiger partial charge in [0.15, 0.2) is 5.79 Å². The molecule has 3 fully saturated rings. The van der Waals surface area contributed by atoms with E-state index in [1.54, 1.807) is 20.1 Å². The summed E-state index contributed by atoms with van der Waals surface area (Å²) in [5.74, 6) is -2.15. The average molecular weight is 640 g/mol. The van der Waals surface area contributed by atoms with Crippen molar-refractivity contribution in [2.24, 2.45) is 28.8 Å². The molecule has 4 aliphatic heterocycles. The monoisotopic (exact) mass is 639 g/mol. The molecule has 1 spiro atoms. The molecule has 10 atom stereocenters. The topological polar surface area (TPSA) is 116 Å². The maximum absolute atomic E-state index is 14.2. The second-order valence-electron chi connectivity index (χ2n) is 14.5. The first-order chi connectivity index (χ1) is 21.8. The molecule has 0 radical (unpaired) electrons. The van der Waals surface area contributed by atoms with Crippen LogP contribution in [0.5, 0.6) is 0 Å². The number of allylic oxidation sites excluding steroid dienone is 5. The third-order valence-corrected chi connectivity index (χ3v) is 10.1. The molecule has 0 aromatic heterocycles. The van der Waals surface area contributed by atoms with E-state index in [0.717, 1.165) is 17.7 Å². The van der Waals surface area contributed by atoms with Crippen molar-refractivity contribution < 1.29 is 38.8 Å². The van der Waals surface area contributed by atoms with Crippen LogP contribution in [-0.4, -0.2) is 77.5 Å². The minimum Gasteiger partial charge on any atom is -0.462 e. The van der Waals surface area contributed by atoms with E-state index in [4.69, 9.17) is 23.8 Å². The zero-order valence-electron chi connectivity index (χ0n) is 28.7. The number of ether oxygens (including phenoxy) is 4. The Hall–Kier alpha value is -2.56. The van der Waals surface area contributed by atoms with E-state index in [2.05, 4.69) is 64.9 Å². The number of rotatable bonds is 3. The minimum absolute atomic E-state index is 0.0340. The van der Waals surface area contributed by atoms with Gasteiger partial charge in [0.05, 0.1) is 24.5 Å². The van der Waals surface area contributed by atoms with Gasteiger partial charge in [0.25, 0.3) is 0 Å². The second kappa shape index (κ2) is 13.9. The Labute approximate surface area is 274 Å². The van der Waals surface area contributed by atoms with Crippen molar-refractivity contribution in [3.63, 3.8) is 0 Å². The Kier molecular flexibility index (Phi) is 10.5. The van der Waals surface area contributed by atoms with Crippen LogP contribution in [0.15, 0.2) is 63.9 Å². The fourth-order valence-corrected chi connectivity index (χ4v) is 7.94. The number of esters is 1. The lowest BCUT2D eigenvalue weighted by Gasteiger charge is -2.50. The zero-order chi connectivity index (χ0) is 33.4.